The second kappa shape index (κ2) is 5.32. The minimum Gasteiger partial charge on any atom is -0.294 e. The Bertz CT molecular complexity index is 546. The van der Waals surface area contributed by atoms with Crippen molar-refractivity contribution in [2.45, 2.75) is 19.8 Å². The van der Waals surface area contributed by atoms with Gasteiger partial charge in [0, 0.05) is 28.9 Å². The molecule has 0 spiro atoms. The number of pyridine rings is 1. The smallest absolute Gasteiger partial charge is 0.170 e. The molecule has 0 saturated heterocycles. The van der Waals surface area contributed by atoms with E-state index in [9.17, 15) is 4.79 Å². The van der Waals surface area contributed by atoms with E-state index in [-0.39, 0.29) is 11.7 Å². The molecule has 2 aromatic rings. The molecule has 0 bridgehead atoms. The molecule has 2 rings (SSSR count). The number of ketones is 1. The normalized spacial score (nSPS) is 12.2. The first-order valence-corrected chi connectivity index (χ1v) is 6.17. The molecule has 0 radical (unpaired) electrons. The average molecular weight is 260 g/mol. The van der Waals surface area contributed by atoms with Crippen LogP contribution < -0.4 is 0 Å². The number of Topliss-reactive ketones (excluding diaryl/α,β-unsaturated/α-hetero) is 1. The lowest BCUT2D eigenvalue weighted by molar-refractivity contribution is 0.0966. The van der Waals surface area contributed by atoms with Crippen molar-refractivity contribution in [3.63, 3.8) is 0 Å². The number of halogens is 1. The lowest BCUT2D eigenvalue weighted by Gasteiger charge is -2.11. The molecule has 2 nitrogen and oxygen atoms in total. The van der Waals surface area contributed by atoms with E-state index in [0.29, 0.717) is 10.6 Å². The van der Waals surface area contributed by atoms with Gasteiger partial charge in [-0.25, -0.2) is 0 Å². The summed E-state index contributed by atoms with van der Waals surface area (Å²) in [6.07, 6.45) is 3.39. The third kappa shape index (κ3) is 2.77. The van der Waals surface area contributed by atoms with Gasteiger partial charge in [0.2, 0.25) is 0 Å². The highest BCUT2D eigenvalue weighted by Crippen LogP contribution is 2.22. The van der Waals surface area contributed by atoms with Gasteiger partial charge in [-0.2, -0.15) is 0 Å². The Morgan fingerprint density at radius 1 is 1.22 bits per heavy atom. The van der Waals surface area contributed by atoms with Crippen LogP contribution in [-0.2, 0) is 0 Å². The van der Waals surface area contributed by atoms with Gasteiger partial charge < -0.3 is 0 Å². The number of benzene rings is 1. The van der Waals surface area contributed by atoms with Crippen LogP contribution >= 0.6 is 11.6 Å². The predicted octanol–water partition coefficient (Wildman–Crippen LogP) is 4.03. The van der Waals surface area contributed by atoms with Gasteiger partial charge in [0.1, 0.15) is 0 Å². The summed E-state index contributed by atoms with van der Waals surface area (Å²) in [4.78, 5) is 16.3. The first-order chi connectivity index (χ1) is 8.58. The van der Waals surface area contributed by atoms with Crippen LogP contribution in [0, 0.1) is 6.92 Å². The molecule has 1 unspecified atom stereocenters. The third-order valence-corrected chi connectivity index (χ3v) is 3.14. The highest BCUT2D eigenvalue weighted by Gasteiger charge is 2.17. The van der Waals surface area contributed by atoms with E-state index in [1.54, 1.807) is 18.5 Å². The molecule has 92 valence electrons. The Kier molecular flexibility index (Phi) is 3.78. The summed E-state index contributed by atoms with van der Waals surface area (Å²) in [6, 6.07) is 9.15. The Hall–Kier alpha value is -1.67. The van der Waals surface area contributed by atoms with Crippen LogP contribution in [0.15, 0.2) is 42.7 Å². The third-order valence-electron chi connectivity index (χ3n) is 2.93. The van der Waals surface area contributed by atoms with Gasteiger partial charge in [0.25, 0.3) is 0 Å². The van der Waals surface area contributed by atoms with E-state index in [1.165, 1.54) is 0 Å². The number of carbonyl (C=O) groups is 1. The summed E-state index contributed by atoms with van der Waals surface area (Å²) in [5.41, 5.74) is 2.62. The van der Waals surface area contributed by atoms with Gasteiger partial charge in [-0.05, 0) is 48.4 Å². The van der Waals surface area contributed by atoms with E-state index in [1.807, 2.05) is 38.1 Å². The number of hydrogen-bond acceptors (Lipinski definition) is 2. The van der Waals surface area contributed by atoms with Crippen LogP contribution in [0.4, 0.5) is 0 Å². The fourth-order valence-electron chi connectivity index (χ4n) is 1.93. The first-order valence-electron chi connectivity index (χ1n) is 5.79. The average Bonchev–Trinajstić information content (AvgIpc) is 2.37. The molecule has 0 aliphatic rings. The summed E-state index contributed by atoms with van der Waals surface area (Å²) in [7, 11) is 0. The maximum Gasteiger partial charge on any atom is 0.170 e. The van der Waals surface area contributed by atoms with Gasteiger partial charge in [-0.3, -0.25) is 9.78 Å². The Balaban J connectivity index is 2.31. The predicted molar refractivity (Wildman–Crippen MR) is 73.2 cm³/mol. The van der Waals surface area contributed by atoms with Crippen molar-refractivity contribution in [3.8, 4) is 0 Å². The SMILES string of the molecule is Cc1cc(Cl)cc(C(=O)C(C)c2ccncc2)c1. The molecule has 1 atom stereocenters. The molecule has 0 saturated carbocycles. The van der Waals surface area contributed by atoms with Gasteiger partial charge in [0.15, 0.2) is 5.78 Å². The van der Waals surface area contributed by atoms with E-state index in [2.05, 4.69) is 4.98 Å². The molecule has 1 heterocycles. The van der Waals surface area contributed by atoms with Gasteiger partial charge in [-0.15, -0.1) is 0 Å². The van der Waals surface area contributed by atoms with Crippen LogP contribution in [0.1, 0.15) is 34.3 Å². The van der Waals surface area contributed by atoms with E-state index < -0.39 is 0 Å². The second-order valence-electron chi connectivity index (χ2n) is 4.38. The van der Waals surface area contributed by atoms with Gasteiger partial charge in [-0.1, -0.05) is 18.5 Å². The Morgan fingerprint density at radius 3 is 2.50 bits per heavy atom. The number of rotatable bonds is 3. The molecule has 0 aliphatic carbocycles. The molecule has 0 amide bonds. The molecular formula is C15H14ClNO. The number of carbonyl (C=O) groups excluding carboxylic acids is 1. The molecule has 1 aromatic heterocycles. The summed E-state index contributed by atoms with van der Waals surface area (Å²) in [6.45, 7) is 3.83. The molecule has 0 N–H and O–H groups in total. The molecule has 3 heteroatoms. The van der Waals surface area contributed by atoms with Crippen LogP contribution in [0.2, 0.25) is 5.02 Å². The molecular weight excluding hydrogens is 246 g/mol. The zero-order chi connectivity index (χ0) is 13.1. The molecule has 18 heavy (non-hydrogen) atoms. The van der Waals surface area contributed by atoms with Crippen LogP contribution in [-0.4, -0.2) is 10.8 Å². The topological polar surface area (TPSA) is 30.0 Å². The van der Waals surface area contributed by atoms with Crippen molar-refractivity contribution in [1.82, 2.24) is 4.98 Å². The van der Waals surface area contributed by atoms with Crippen LogP contribution in [0.5, 0.6) is 0 Å². The number of aryl methyl sites for hydroxylation is 1. The van der Waals surface area contributed by atoms with Crippen LogP contribution in [0.25, 0.3) is 0 Å². The fraction of sp³-hybridized carbons (Fsp3) is 0.200. The van der Waals surface area contributed by atoms with E-state index >= 15 is 0 Å². The summed E-state index contributed by atoms with van der Waals surface area (Å²) in [5, 5.41) is 0.597. The highest BCUT2D eigenvalue weighted by atomic mass is 35.5. The Labute approximate surface area is 112 Å². The van der Waals surface area contributed by atoms with Crippen LogP contribution in [0.3, 0.4) is 0 Å². The van der Waals surface area contributed by atoms with Crippen molar-refractivity contribution in [1.29, 1.82) is 0 Å². The van der Waals surface area contributed by atoms with E-state index in [4.69, 9.17) is 11.6 Å². The van der Waals surface area contributed by atoms with Crippen molar-refractivity contribution >= 4 is 17.4 Å². The van der Waals surface area contributed by atoms with Gasteiger partial charge in [0.05, 0.1) is 0 Å². The van der Waals surface area contributed by atoms with Crippen molar-refractivity contribution < 1.29 is 4.79 Å². The lowest BCUT2D eigenvalue weighted by atomic mass is 9.92. The maximum atomic E-state index is 12.4. The maximum absolute atomic E-state index is 12.4. The van der Waals surface area contributed by atoms with Crippen molar-refractivity contribution in [3.05, 3.63) is 64.4 Å². The summed E-state index contributed by atoms with van der Waals surface area (Å²) in [5.74, 6) is -0.113. The number of hydrogen-bond donors (Lipinski definition) is 0. The lowest BCUT2D eigenvalue weighted by Crippen LogP contribution is -2.10. The molecule has 0 aliphatic heterocycles. The van der Waals surface area contributed by atoms with Crippen molar-refractivity contribution in [2.24, 2.45) is 0 Å². The highest BCUT2D eigenvalue weighted by molar-refractivity contribution is 6.31. The number of nitrogens with zero attached hydrogens (tertiary/aromatic N) is 1. The standard InChI is InChI=1S/C15H14ClNO/c1-10-7-13(9-14(16)8-10)15(18)11(2)12-3-5-17-6-4-12/h3-9,11H,1-2H3. The molecule has 0 fully saturated rings. The zero-order valence-corrected chi connectivity index (χ0v) is 11.1. The second-order valence-corrected chi connectivity index (χ2v) is 4.82. The first kappa shape index (κ1) is 12.8. The minimum atomic E-state index is -0.189. The minimum absolute atomic E-state index is 0.0757. The van der Waals surface area contributed by atoms with Crippen molar-refractivity contribution in [2.75, 3.05) is 0 Å². The zero-order valence-electron chi connectivity index (χ0n) is 10.4. The number of aromatic nitrogens is 1. The summed E-state index contributed by atoms with van der Waals surface area (Å²) < 4.78 is 0. The quantitative estimate of drug-likeness (QED) is 0.779. The van der Waals surface area contributed by atoms with Gasteiger partial charge >= 0.3 is 0 Å². The Morgan fingerprint density at radius 2 is 1.89 bits per heavy atom. The summed E-state index contributed by atoms with van der Waals surface area (Å²) >= 11 is 5.98. The fourth-order valence-corrected chi connectivity index (χ4v) is 2.22. The molecule has 1 aromatic carbocycles. The monoisotopic (exact) mass is 259 g/mol. The van der Waals surface area contributed by atoms with E-state index in [0.717, 1.165) is 11.1 Å². The largest absolute Gasteiger partial charge is 0.294 e.